The van der Waals surface area contributed by atoms with Gasteiger partial charge in [0.25, 0.3) is 11.6 Å². The third kappa shape index (κ3) is 4.77. The summed E-state index contributed by atoms with van der Waals surface area (Å²) in [5.74, 6) is -2.63. The first-order valence-corrected chi connectivity index (χ1v) is 9.10. The van der Waals surface area contributed by atoms with Crippen LogP contribution in [-0.2, 0) is 0 Å². The molecule has 0 spiro atoms. The van der Waals surface area contributed by atoms with Crippen LogP contribution in [0.1, 0.15) is 10.4 Å². The third-order valence-corrected chi connectivity index (χ3v) is 4.44. The topological polar surface area (TPSA) is 107 Å². The number of nitrogens with zero attached hydrogens (tertiary/aromatic N) is 1. The van der Waals surface area contributed by atoms with Crippen LogP contribution in [0.25, 0.3) is 0 Å². The van der Waals surface area contributed by atoms with Crippen LogP contribution in [0, 0.1) is 25.3 Å². The summed E-state index contributed by atoms with van der Waals surface area (Å²) in [6.07, 6.45) is 0. The molecule has 3 aromatic carbocycles. The summed E-state index contributed by atoms with van der Waals surface area (Å²) >= 11 is 1.93. The first-order valence-electron chi connectivity index (χ1n) is 8.02. The second kappa shape index (κ2) is 8.39. The quantitative estimate of drug-likeness (QED) is 0.272. The highest BCUT2D eigenvalue weighted by molar-refractivity contribution is 14.1. The second-order valence-corrected chi connectivity index (χ2v) is 7.04. The summed E-state index contributed by atoms with van der Waals surface area (Å²) in [6.45, 7) is 0. The van der Waals surface area contributed by atoms with Crippen molar-refractivity contribution in [1.82, 2.24) is 0 Å². The molecule has 0 saturated heterocycles. The zero-order valence-corrected chi connectivity index (χ0v) is 16.6. The van der Waals surface area contributed by atoms with E-state index in [2.05, 4.69) is 5.32 Å². The number of hydrogen-bond acceptors (Lipinski definition) is 5. The lowest BCUT2D eigenvalue weighted by molar-refractivity contribution is -0.384. The van der Waals surface area contributed by atoms with Gasteiger partial charge in [-0.25, -0.2) is 8.78 Å². The third-order valence-electron chi connectivity index (χ3n) is 3.77. The van der Waals surface area contributed by atoms with Crippen molar-refractivity contribution in [2.24, 2.45) is 5.73 Å². The number of benzene rings is 3. The van der Waals surface area contributed by atoms with Crippen LogP contribution in [0.2, 0.25) is 0 Å². The number of nitrogens with two attached hydrogens (primary N) is 1. The van der Waals surface area contributed by atoms with Crippen LogP contribution < -0.4 is 15.8 Å². The van der Waals surface area contributed by atoms with Crippen molar-refractivity contribution in [3.8, 4) is 11.5 Å². The van der Waals surface area contributed by atoms with E-state index >= 15 is 0 Å². The number of carbonyl (C=O) groups excluding carboxylic acids is 1. The predicted octanol–water partition coefficient (Wildman–Crippen LogP) is 5.11. The maximum atomic E-state index is 14.2. The number of halogens is 3. The van der Waals surface area contributed by atoms with E-state index in [0.717, 1.165) is 18.2 Å². The lowest BCUT2D eigenvalue weighted by Gasteiger charge is -2.16. The average molecular weight is 511 g/mol. The van der Waals surface area contributed by atoms with Gasteiger partial charge in [-0.2, -0.15) is 0 Å². The monoisotopic (exact) mass is 511 g/mol. The van der Waals surface area contributed by atoms with Crippen molar-refractivity contribution >= 4 is 45.6 Å². The Morgan fingerprint density at radius 1 is 1.10 bits per heavy atom. The smallest absolute Gasteiger partial charge is 0.273 e. The Morgan fingerprint density at radius 2 is 1.86 bits per heavy atom. The Hall–Kier alpha value is -3.28. The summed E-state index contributed by atoms with van der Waals surface area (Å²) in [4.78, 5) is 22.3. The number of hydrogen-bond donors (Lipinski definition) is 2. The van der Waals surface area contributed by atoms with Crippen LogP contribution in [0.3, 0.4) is 0 Å². The number of nitro benzene ring substituents is 1. The van der Waals surface area contributed by atoms with Crippen molar-refractivity contribution in [3.63, 3.8) is 0 Å². The number of rotatable bonds is 6. The zero-order valence-electron chi connectivity index (χ0n) is 14.5. The van der Waals surface area contributed by atoms with Gasteiger partial charge in [0, 0.05) is 15.7 Å². The molecular formula is C19H12F2IN3O4. The molecule has 0 radical (unpaired) electrons. The van der Waals surface area contributed by atoms with Crippen LogP contribution in [0.5, 0.6) is 11.5 Å². The van der Waals surface area contributed by atoms with Crippen LogP contribution >= 0.6 is 22.6 Å². The Kier molecular flexibility index (Phi) is 5.92. The van der Waals surface area contributed by atoms with Gasteiger partial charge >= 0.3 is 0 Å². The highest BCUT2D eigenvalue weighted by atomic mass is 127. The first-order chi connectivity index (χ1) is 13.7. The molecule has 0 fully saturated rings. The number of anilines is 2. The molecule has 0 saturated carbocycles. The zero-order chi connectivity index (χ0) is 21.1. The van der Waals surface area contributed by atoms with E-state index in [1.165, 1.54) is 30.3 Å². The minimum absolute atomic E-state index is 0.000171. The molecular weight excluding hydrogens is 499 g/mol. The van der Waals surface area contributed by atoms with Crippen molar-refractivity contribution in [1.29, 1.82) is 0 Å². The van der Waals surface area contributed by atoms with E-state index in [-0.39, 0.29) is 34.1 Å². The maximum Gasteiger partial charge on any atom is 0.273 e. The number of ether oxygens (including phenoxy) is 1. The molecule has 0 heterocycles. The van der Waals surface area contributed by atoms with Crippen molar-refractivity contribution < 1.29 is 23.2 Å². The first kappa shape index (κ1) is 20.5. The van der Waals surface area contributed by atoms with Gasteiger partial charge in [-0.05, 0) is 52.9 Å². The number of primary amides is 1. The summed E-state index contributed by atoms with van der Waals surface area (Å²) in [7, 11) is 0. The summed E-state index contributed by atoms with van der Waals surface area (Å²) < 4.78 is 34.5. The van der Waals surface area contributed by atoms with Crippen LogP contribution in [0.4, 0.5) is 25.8 Å². The van der Waals surface area contributed by atoms with E-state index in [1.54, 1.807) is 6.07 Å². The molecule has 0 unspecified atom stereocenters. The summed E-state index contributed by atoms with van der Waals surface area (Å²) in [5, 5.41) is 13.6. The molecule has 7 nitrogen and oxygen atoms in total. The molecule has 0 aliphatic carbocycles. The van der Waals surface area contributed by atoms with Gasteiger partial charge in [0.1, 0.15) is 28.7 Å². The second-order valence-electron chi connectivity index (χ2n) is 5.80. The molecule has 29 heavy (non-hydrogen) atoms. The summed E-state index contributed by atoms with van der Waals surface area (Å²) in [6, 6.07) is 11.3. The van der Waals surface area contributed by atoms with Gasteiger partial charge in [0.15, 0.2) is 0 Å². The van der Waals surface area contributed by atoms with E-state index < -0.39 is 22.5 Å². The van der Waals surface area contributed by atoms with Gasteiger partial charge in [-0.1, -0.05) is 6.07 Å². The van der Waals surface area contributed by atoms with Gasteiger partial charge in [-0.15, -0.1) is 0 Å². The van der Waals surface area contributed by atoms with Gasteiger partial charge < -0.3 is 15.8 Å². The Bertz CT molecular complexity index is 1120. The van der Waals surface area contributed by atoms with E-state index in [0.29, 0.717) is 3.57 Å². The number of amides is 1. The molecule has 0 bridgehead atoms. The van der Waals surface area contributed by atoms with Crippen molar-refractivity contribution in [3.05, 3.63) is 85.5 Å². The van der Waals surface area contributed by atoms with Crippen molar-refractivity contribution in [2.75, 3.05) is 5.32 Å². The van der Waals surface area contributed by atoms with Crippen LogP contribution in [-0.4, -0.2) is 10.8 Å². The molecule has 3 aromatic rings. The molecule has 0 atom stereocenters. The maximum absolute atomic E-state index is 14.2. The molecule has 3 N–H and O–H groups in total. The summed E-state index contributed by atoms with van der Waals surface area (Å²) in [5.41, 5.74) is 4.82. The highest BCUT2D eigenvalue weighted by Crippen LogP contribution is 2.35. The Balaban J connectivity index is 2.05. The fourth-order valence-corrected chi connectivity index (χ4v) is 2.99. The lowest BCUT2D eigenvalue weighted by Crippen LogP contribution is -2.15. The lowest BCUT2D eigenvalue weighted by atomic mass is 10.1. The molecule has 0 aliphatic heterocycles. The highest BCUT2D eigenvalue weighted by Gasteiger charge is 2.20. The molecule has 10 heteroatoms. The minimum Gasteiger partial charge on any atom is -0.456 e. The molecule has 0 aromatic heterocycles. The number of nitrogens with one attached hydrogen (secondary N) is 1. The Morgan fingerprint density at radius 3 is 2.52 bits per heavy atom. The normalized spacial score (nSPS) is 10.4. The van der Waals surface area contributed by atoms with Gasteiger partial charge in [-0.3, -0.25) is 14.9 Å². The largest absolute Gasteiger partial charge is 0.456 e. The van der Waals surface area contributed by atoms with Crippen molar-refractivity contribution in [2.45, 2.75) is 0 Å². The molecule has 0 aliphatic rings. The Labute approximate surface area is 176 Å². The minimum atomic E-state index is -0.959. The fourth-order valence-electron chi connectivity index (χ4n) is 2.54. The number of nitro groups is 1. The van der Waals surface area contributed by atoms with Gasteiger partial charge in [0.2, 0.25) is 0 Å². The van der Waals surface area contributed by atoms with Crippen LogP contribution in [0.15, 0.2) is 54.6 Å². The predicted molar refractivity (Wildman–Crippen MR) is 110 cm³/mol. The standard InChI is InChI=1S/C19H12F2IN3O4/c20-10-6-16(24-15-5-4-11(22)8-14(15)21)18(19(23)26)17(7-10)29-13-3-1-2-12(9-13)25(27)28/h1-9,24H,(H2,23,26). The molecule has 148 valence electrons. The molecule has 1 amide bonds. The number of non-ortho nitro benzene ring substituents is 1. The van der Waals surface area contributed by atoms with E-state index in [4.69, 9.17) is 10.5 Å². The van der Waals surface area contributed by atoms with E-state index in [9.17, 15) is 23.7 Å². The van der Waals surface area contributed by atoms with Gasteiger partial charge in [0.05, 0.1) is 22.4 Å². The average Bonchev–Trinajstić information content (AvgIpc) is 2.63. The fraction of sp³-hybridized carbons (Fsp3) is 0. The van der Waals surface area contributed by atoms with E-state index in [1.807, 2.05) is 22.6 Å². The SMILES string of the molecule is NC(=O)c1c(Nc2ccc(I)cc2F)cc(F)cc1Oc1cccc([N+](=O)[O-])c1. The number of carbonyl (C=O) groups is 1. The molecule has 3 rings (SSSR count).